The number of carbonyl (C=O) groups is 1. The third-order valence-corrected chi connectivity index (χ3v) is 4.75. The minimum Gasteiger partial charge on any atom is -0.384 e. The Labute approximate surface area is 64.9 Å². The number of carbonyl (C=O) groups excluding carboxylic acids is 1. The van der Waals surface area contributed by atoms with Gasteiger partial charge in [-0.15, -0.1) is 0 Å². The average Bonchev–Trinajstić information content (AvgIpc) is 2.81. The molecule has 0 aromatic rings. The maximum Gasteiger partial charge on any atom is 0.142 e. The van der Waals surface area contributed by atoms with Crippen molar-refractivity contribution in [3.8, 4) is 0 Å². The lowest BCUT2D eigenvalue weighted by Gasteiger charge is -2.19. The van der Waals surface area contributed by atoms with Crippen LogP contribution < -0.4 is 0 Å². The lowest BCUT2D eigenvalue weighted by molar-refractivity contribution is -0.128. The highest BCUT2D eigenvalue weighted by molar-refractivity contribution is 6.01. The van der Waals surface area contributed by atoms with Gasteiger partial charge in [-0.25, -0.2) is 0 Å². The van der Waals surface area contributed by atoms with Crippen molar-refractivity contribution >= 4 is 5.78 Å². The predicted molar refractivity (Wildman–Crippen MR) is 36.8 cm³/mol. The first-order valence-electron chi connectivity index (χ1n) is 4.34. The van der Waals surface area contributed by atoms with Crippen LogP contribution in [0.1, 0.15) is 6.42 Å². The van der Waals surface area contributed by atoms with Crippen LogP contribution in [0.4, 0.5) is 0 Å². The van der Waals surface area contributed by atoms with Crippen LogP contribution in [-0.4, -0.2) is 19.5 Å². The second-order valence-electron chi connectivity index (χ2n) is 4.57. The van der Waals surface area contributed by atoms with E-state index in [2.05, 4.69) is 0 Å². The molecule has 0 amide bonds. The van der Waals surface area contributed by atoms with Gasteiger partial charge in [0.15, 0.2) is 0 Å². The minimum atomic E-state index is 0.0804. The molecule has 2 heteroatoms. The van der Waals surface area contributed by atoms with E-state index in [0.29, 0.717) is 17.8 Å². The molecule has 4 saturated carbocycles. The fourth-order valence-corrected chi connectivity index (χ4v) is 4.36. The SMILES string of the molecule is COCC12C(=O)CC3C4C1C342. The molecular formula is C9H10O2. The lowest BCUT2D eigenvalue weighted by atomic mass is 9.87. The first-order valence-corrected chi connectivity index (χ1v) is 4.34. The first-order chi connectivity index (χ1) is 5.31. The summed E-state index contributed by atoms with van der Waals surface area (Å²) >= 11 is 0. The van der Waals surface area contributed by atoms with Crippen molar-refractivity contribution in [1.29, 1.82) is 0 Å². The van der Waals surface area contributed by atoms with Crippen molar-refractivity contribution in [2.75, 3.05) is 13.7 Å². The molecule has 4 aliphatic rings. The van der Waals surface area contributed by atoms with Gasteiger partial charge in [-0.3, -0.25) is 4.79 Å². The smallest absolute Gasteiger partial charge is 0.142 e. The Morgan fingerprint density at radius 3 is 3.00 bits per heavy atom. The molecule has 0 bridgehead atoms. The second kappa shape index (κ2) is 1.01. The minimum absolute atomic E-state index is 0.0804. The number of ketones is 1. The van der Waals surface area contributed by atoms with E-state index in [1.54, 1.807) is 7.11 Å². The highest BCUT2D eigenvalue weighted by atomic mass is 16.5. The van der Waals surface area contributed by atoms with E-state index in [1.807, 2.05) is 0 Å². The number of fused-ring (bicyclic) bond motifs is 3. The van der Waals surface area contributed by atoms with Gasteiger partial charge in [0, 0.05) is 13.5 Å². The topological polar surface area (TPSA) is 26.3 Å². The van der Waals surface area contributed by atoms with Gasteiger partial charge in [-0.1, -0.05) is 0 Å². The molecule has 5 unspecified atom stereocenters. The molecule has 4 fully saturated rings. The molecule has 0 radical (unpaired) electrons. The number of hydrogen-bond acceptors (Lipinski definition) is 2. The summed E-state index contributed by atoms with van der Waals surface area (Å²) in [5.74, 6) is 3.10. The Hall–Kier alpha value is -0.370. The van der Waals surface area contributed by atoms with Crippen LogP contribution in [0.5, 0.6) is 0 Å². The Balaban J connectivity index is 1.80. The average molecular weight is 150 g/mol. The maximum absolute atomic E-state index is 11.5. The molecule has 5 atom stereocenters. The van der Waals surface area contributed by atoms with Crippen LogP contribution in [0.25, 0.3) is 0 Å². The maximum atomic E-state index is 11.5. The van der Waals surface area contributed by atoms with Crippen LogP contribution in [0.15, 0.2) is 0 Å². The predicted octanol–water partition coefficient (Wildman–Crippen LogP) is 0.468. The molecule has 0 saturated heterocycles. The van der Waals surface area contributed by atoms with E-state index < -0.39 is 0 Å². The fraction of sp³-hybridized carbons (Fsp3) is 0.889. The molecule has 4 aliphatic carbocycles. The van der Waals surface area contributed by atoms with E-state index in [-0.39, 0.29) is 5.41 Å². The van der Waals surface area contributed by atoms with E-state index >= 15 is 0 Å². The number of hydrogen-bond donors (Lipinski definition) is 0. The summed E-state index contributed by atoms with van der Waals surface area (Å²) in [6.07, 6.45) is 0.879. The third-order valence-electron chi connectivity index (χ3n) is 4.75. The largest absolute Gasteiger partial charge is 0.384 e. The Bertz CT molecular complexity index is 298. The van der Waals surface area contributed by atoms with Crippen LogP contribution >= 0.6 is 0 Å². The summed E-state index contributed by atoms with van der Waals surface area (Å²) in [6, 6.07) is 0. The molecule has 0 aromatic carbocycles. The Kier molecular flexibility index (Phi) is 0.488. The van der Waals surface area contributed by atoms with Crippen LogP contribution in [0.3, 0.4) is 0 Å². The van der Waals surface area contributed by atoms with E-state index in [0.717, 1.165) is 24.2 Å². The van der Waals surface area contributed by atoms with Gasteiger partial charge >= 0.3 is 0 Å². The molecule has 4 rings (SSSR count). The molecule has 1 spiro atoms. The van der Waals surface area contributed by atoms with Crippen molar-refractivity contribution in [1.82, 2.24) is 0 Å². The molecular weight excluding hydrogens is 140 g/mol. The van der Waals surface area contributed by atoms with E-state index in [4.69, 9.17) is 4.74 Å². The van der Waals surface area contributed by atoms with E-state index in [1.165, 1.54) is 0 Å². The molecule has 0 aliphatic heterocycles. The monoisotopic (exact) mass is 150 g/mol. The number of Topliss-reactive ketones (excluding diaryl/α,β-unsaturated/α-hetero) is 1. The quantitative estimate of drug-likeness (QED) is 0.572. The van der Waals surface area contributed by atoms with Gasteiger partial charge < -0.3 is 4.74 Å². The van der Waals surface area contributed by atoms with Crippen molar-refractivity contribution < 1.29 is 9.53 Å². The Morgan fingerprint density at radius 2 is 2.55 bits per heavy atom. The van der Waals surface area contributed by atoms with Crippen LogP contribution in [-0.2, 0) is 9.53 Å². The van der Waals surface area contributed by atoms with Crippen molar-refractivity contribution in [2.24, 2.45) is 28.6 Å². The molecule has 0 aromatic heterocycles. The van der Waals surface area contributed by atoms with Crippen LogP contribution in [0, 0.1) is 28.6 Å². The zero-order chi connectivity index (χ0) is 7.43. The van der Waals surface area contributed by atoms with Gasteiger partial charge in [0.2, 0.25) is 0 Å². The molecule has 58 valence electrons. The highest BCUT2D eigenvalue weighted by Gasteiger charge is 3.14. The number of ether oxygens (including phenoxy) is 1. The molecule has 0 heterocycles. The lowest BCUT2D eigenvalue weighted by Crippen LogP contribution is -2.29. The van der Waals surface area contributed by atoms with Gasteiger partial charge in [-0.2, -0.15) is 0 Å². The van der Waals surface area contributed by atoms with Gasteiger partial charge in [0.1, 0.15) is 5.78 Å². The highest BCUT2D eigenvalue weighted by Crippen LogP contribution is 3.12. The zero-order valence-corrected chi connectivity index (χ0v) is 6.46. The summed E-state index contributed by atoms with van der Waals surface area (Å²) in [6.45, 7) is 0.712. The standard InChI is InChI=1S/C9H10O2/c1-11-3-8-5(10)2-4-6-7(8)9(4,6)8/h4,6-7H,2-3H2,1H3. The summed E-state index contributed by atoms with van der Waals surface area (Å²) < 4.78 is 5.13. The van der Waals surface area contributed by atoms with E-state index in [9.17, 15) is 4.79 Å². The fourth-order valence-electron chi connectivity index (χ4n) is 4.36. The third kappa shape index (κ3) is 0.237. The van der Waals surface area contributed by atoms with Gasteiger partial charge in [-0.05, 0) is 23.2 Å². The number of rotatable bonds is 2. The summed E-state index contributed by atoms with van der Waals surface area (Å²) in [5, 5.41) is 0. The summed E-state index contributed by atoms with van der Waals surface area (Å²) in [4.78, 5) is 11.5. The Morgan fingerprint density at radius 1 is 1.73 bits per heavy atom. The van der Waals surface area contributed by atoms with Gasteiger partial charge in [0.05, 0.1) is 12.0 Å². The van der Waals surface area contributed by atoms with Gasteiger partial charge in [0.25, 0.3) is 0 Å². The van der Waals surface area contributed by atoms with Crippen molar-refractivity contribution in [2.45, 2.75) is 6.42 Å². The second-order valence-corrected chi connectivity index (χ2v) is 4.57. The van der Waals surface area contributed by atoms with Crippen molar-refractivity contribution in [3.05, 3.63) is 0 Å². The molecule has 2 nitrogen and oxygen atoms in total. The molecule has 0 N–H and O–H groups in total. The summed E-state index contributed by atoms with van der Waals surface area (Å²) in [7, 11) is 1.71. The molecule has 11 heavy (non-hydrogen) atoms. The first kappa shape index (κ1) is 5.31. The summed E-state index contributed by atoms with van der Waals surface area (Å²) in [5.41, 5.74) is 0.636. The number of methoxy groups -OCH3 is 1. The normalized spacial score (nSPS) is 72.5. The zero-order valence-electron chi connectivity index (χ0n) is 6.46. The van der Waals surface area contributed by atoms with Crippen molar-refractivity contribution in [3.63, 3.8) is 0 Å². The van der Waals surface area contributed by atoms with Crippen LogP contribution in [0.2, 0.25) is 0 Å².